The van der Waals surface area contributed by atoms with Gasteiger partial charge in [0.15, 0.2) is 0 Å². The molecule has 4 fully saturated rings. The van der Waals surface area contributed by atoms with E-state index in [9.17, 15) is 48.7 Å². The molecule has 1 unspecified atom stereocenters. The Balaban J connectivity index is 1.59. The number of alkyl halides is 7. The molecule has 0 radical (unpaired) electrons. The van der Waals surface area contributed by atoms with Crippen LogP contribution in [0.25, 0.3) is 0 Å². The monoisotopic (exact) mass is 620 g/mol. The number of carbonyl (C=O) groups excluding carboxylic acids is 2. The van der Waals surface area contributed by atoms with Crippen molar-refractivity contribution >= 4 is 22.1 Å². The first-order valence-corrected chi connectivity index (χ1v) is 14.2. The molecule has 0 aromatic heterocycles. The van der Waals surface area contributed by atoms with Crippen molar-refractivity contribution in [3.8, 4) is 5.75 Å². The molecule has 4 bridgehead atoms. The molecule has 4 saturated carbocycles. The van der Waals surface area contributed by atoms with Crippen molar-refractivity contribution in [2.45, 2.75) is 74.5 Å². The number of hydrogen-bond acceptors (Lipinski definition) is 7. The van der Waals surface area contributed by atoms with E-state index in [1.807, 2.05) is 0 Å². The van der Waals surface area contributed by atoms with Crippen LogP contribution in [0.5, 0.6) is 5.75 Å². The molecule has 0 heterocycles. The number of benzene rings is 1. The van der Waals surface area contributed by atoms with Gasteiger partial charge in [-0.2, -0.15) is 39.2 Å². The molecule has 4 aliphatic carbocycles. The maximum Gasteiger partial charge on any atom is 0.468 e. The van der Waals surface area contributed by atoms with Crippen LogP contribution in [0.4, 0.5) is 30.7 Å². The molecular formula is C25H27F7O8S. The second kappa shape index (κ2) is 10.7. The second-order valence-corrected chi connectivity index (χ2v) is 12.5. The van der Waals surface area contributed by atoms with Crippen LogP contribution in [-0.4, -0.2) is 54.7 Å². The van der Waals surface area contributed by atoms with E-state index in [0.29, 0.717) is 0 Å². The van der Waals surface area contributed by atoms with Crippen molar-refractivity contribution in [1.82, 2.24) is 0 Å². The summed E-state index contributed by atoms with van der Waals surface area (Å²) in [5.74, 6) is -13.7. The van der Waals surface area contributed by atoms with Crippen LogP contribution in [0.15, 0.2) is 30.3 Å². The van der Waals surface area contributed by atoms with Crippen LogP contribution in [0.3, 0.4) is 0 Å². The van der Waals surface area contributed by atoms with Crippen LogP contribution >= 0.6 is 0 Å². The molecule has 1 aromatic carbocycles. The highest BCUT2D eigenvalue weighted by molar-refractivity contribution is 7.87. The fourth-order valence-electron chi connectivity index (χ4n) is 6.49. The van der Waals surface area contributed by atoms with E-state index in [0.717, 1.165) is 31.4 Å². The zero-order chi connectivity index (χ0) is 30.5. The van der Waals surface area contributed by atoms with Crippen LogP contribution in [0.2, 0.25) is 0 Å². The normalized spacial score (nSPS) is 27.8. The standard InChI is InChI=1S/C25H27F7O8S/c26-22(27,25(31,32)41(35,36)37)7-4-8-38-23(24(28,29)30,20(34)39-18-5-2-1-3-6-18)40-19(33)21-12-15-9-16(13-21)11-17(10-15)14-21/h1-3,5-6,15-17H,4,7-14H2,(H,35,36,37). The van der Waals surface area contributed by atoms with Crippen molar-refractivity contribution in [3.05, 3.63) is 30.3 Å². The summed E-state index contributed by atoms with van der Waals surface area (Å²) in [4.78, 5) is 26.4. The summed E-state index contributed by atoms with van der Waals surface area (Å²) < 4.78 is 143. The molecule has 1 aromatic rings. The van der Waals surface area contributed by atoms with Gasteiger partial charge >= 0.3 is 45.2 Å². The molecule has 1 atom stereocenters. The quantitative estimate of drug-likeness (QED) is 0.0859. The lowest BCUT2D eigenvalue weighted by atomic mass is 9.49. The molecule has 4 aliphatic rings. The summed E-state index contributed by atoms with van der Waals surface area (Å²) in [6.45, 7) is -1.52. The smallest absolute Gasteiger partial charge is 0.421 e. The Kier molecular flexibility index (Phi) is 8.19. The lowest BCUT2D eigenvalue weighted by Gasteiger charge is -2.55. The van der Waals surface area contributed by atoms with Crippen LogP contribution in [-0.2, 0) is 29.2 Å². The Hall–Kier alpha value is -2.46. The summed E-state index contributed by atoms with van der Waals surface area (Å²) >= 11 is 0. The number of ether oxygens (including phenoxy) is 3. The van der Waals surface area contributed by atoms with Crippen molar-refractivity contribution in [2.75, 3.05) is 6.61 Å². The highest BCUT2D eigenvalue weighted by Gasteiger charge is 2.70. The average molecular weight is 621 g/mol. The molecule has 0 saturated heterocycles. The van der Waals surface area contributed by atoms with E-state index >= 15 is 0 Å². The first kappa shape index (κ1) is 31.5. The highest BCUT2D eigenvalue weighted by Crippen LogP contribution is 2.61. The average Bonchev–Trinajstić information content (AvgIpc) is 2.84. The molecule has 1 N–H and O–H groups in total. The van der Waals surface area contributed by atoms with Crippen LogP contribution < -0.4 is 4.74 Å². The van der Waals surface area contributed by atoms with E-state index in [1.165, 1.54) is 18.2 Å². The highest BCUT2D eigenvalue weighted by atomic mass is 32.2. The van der Waals surface area contributed by atoms with Gasteiger partial charge in [0.05, 0.1) is 12.0 Å². The first-order chi connectivity index (χ1) is 18.8. The Morgan fingerprint density at radius 2 is 1.41 bits per heavy atom. The summed E-state index contributed by atoms with van der Waals surface area (Å²) in [5.41, 5.74) is -1.33. The maximum atomic E-state index is 14.6. The molecule has 0 aliphatic heterocycles. The SMILES string of the molecule is O=C(OC(OCCCC(F)(F)C(F)(F)S(=O)(=O)O)(C(=O)Oc1ccccc1)C(F)(F)F)C12CC3CC(CC(C3)C1)C2. The molecule has 230 valence electrons. The minimum atomic E-state index is -6.58. The zero-order valence-electron chi connectivity index (χ0n) is 21.3. The maximum absolute atomic E-state index is 14.6. The molecule has 8 nitrogen and oxygen atoms in total. The van der Waals surface area contributed by atoms with Crippen molar-refractivity contribution in [1.29, 1.82) is 0 Å². The van der Waals surface area contributed by atoms with Crippen LogP contribution in [0, 0.1) is 23.2 Å². The number of para-hydroxylation sites is 1. The fourth-order valence-corrected chi connectivity index (χ4v) is 6.97. The van der Waals surface area contributed by atoms with Gasteiger partial charge in [-0.15, -0.1) is 0 Å². The van der Waals surface area contributed by atoms with Gasteiger partial charge in [0.25, 0.3) is 0 Å². The topological polar surface area (TPSA) is 116 Å². The zero-order valence-corrected chi connectivity index (χ0v) is 22.2. The fraction of sp³-hybridized carbons (Fsp3) is 0.680. The van der Waals surface area contributed by atoms with Gasteiger partial charge in [-0.05, 0) is 74.8 Å². The number of halogens is 7. The molecule has 5 rings (SSSR count). The lowest BCUT2D eigenvalue weighted by Crippen LogP contribution is -2.62. The van der Waals surface area contributed by atoms with Crippen molar-refractivity contribution in [2.24, 2.45) is 23.2 Å². The predicted molar refractivity (Wildman–Crippen MR) is 124 cm³/mol. The Labute approximate surface area is 230 Å². The Bertz CT molecular complexity index is 1220. The molecular weight excluding hydrogens is 593 g/mol. The van der Waals surface area contributed by atoms with E-state index < -0.39 is 75.8 Å². The lowest BCUT2D eigenvalue weighted by molar-refractivity contribution is -0.357. The Morgan fingerprint density at radius 3 is 1.88 bits per heavy atom. The Morgan fingerprint density at radius 1 is 0.902 bits per heavy atom. The van der Waals surface area contributed by atoms with E-state index in [4.69, 9.17) is 14.0 Å². The van der Waals surface area contributed by atoms with Gasteiger partial charge in [-0.3, -0.25) is 9.35 Å². The minimum absolute atomic E-state index is 0.0815. The van der Waals surface area contributed by atoms with Gasteiger partial charge in [0, 0.05) is 6.42 Å². The third kappa shape index (κ3) is 5.91. The van der Waals surface area contributed by atoms with Gasteiger partial charge in [-0.1, -0.05) is 18.2 Å². The number of carbonyl (C=O) groups is 2. The van der Waals surface area contributed by atoms with E-state index in [-0.39, 0.29) is 37.0 Å². The summed E-state index contributed by atoms with van der Waals surface area (Å²) in [5, 5.41) is -5.96. The number of hydrogen-bond donors (Lipinski definition) is 1. The van der Waals surface area contributed by atoms with Gasteiger partial charge in [-0.25, -0.2) is 4.79 Å². The number of esters is 2. The predicted octanol–water partition coefficient (Wildman–Crippen LogP) is 5.52. The molecule has 41 heavy (non-hydrogen) atoms. The molecule has 0 spiro atoms. The van der Waals surface area contributed by atoms with Crippen molar-refractivity contribution < 1.29 is 67.5 Å². The summed E-state index contributed by atoms with van der Waals surface area (Å²) in [7, 11) is -6.58. The van der Waals surface area contributed by atoms with E-state index in [2.05, 4.69) is 4.74 Å². The number of rotatable bonds is 11. The first-order valence-electron chi connectivity index (χ1n) is 12.8. The summed E-state index contributed by atoms with van der Waals surface area (Å²) in [6.07, 6.45) is -6.14. The molecule has 16 heteroatoms. The van der Waals surface area contributed by atoms with Crippen LogP contribution in [0.1, 0.15) is 51.4 Å². The molecule has 0 amide bonds. The van der Waals surface area contributed by atoms with Gasteiger partial charge in [0.1, 0.15) is 5.75 Å². The second-order valence-electron chi connectivity index (χ2n) is 11.1. The summed E-state index contributed by atoms with van der Waals surface area (Å²) in [6, 6.07) is 6.31. The third-order valence-electron chi connectivity index (χ3n) is 7.99. The van der Waals surface area contributed by atoms with Gasteiger partial charge < -0.3 is 14.2 Å². The van der Waals surface area contributed by atoms with Crippen molar-refractivity contribution in [3.63, 3.8) is 0 Å². The third-order valence-corrected chi connectivity index (χ3v) is 8.94. The van der Waals surface area contributed by atoms with Gasteiger partial charge in [0.2, 0.25) is 0 Å². The van der Waals surface area contributed by atoms with E-state index in [1.54, 1.807) is 0 Å². The minimum Gasteiger partial charge on any atom is -0.421 e. The largest absolute Gasteiger partial charge is 0.468 e.